The SMILES string of the molecule is CN(Cc1cc(Cl)ccc1N)CC1(O)CCOCC1. The molecule has 0 aromatic heterocycles. The van der Waals surface area contributed by atoms with E-state index in [0.29, 0.717) is 44.2 Å². The summed E-state index contributed by atoms with van der Waals surface area (Å²) in [7, 11) is 1.98. The van der Waals surface area contributed by atoms with Gasteiger partial charge in [-0.25, -0.2) is 0 Å². The predicted octanol–water partition coefficient (Wildman–Crippen LogP) is 1.90. The fourth-order valence-electron chi connectivity index (χ4n) is 2.47. The fourth-order valence-corrected chi connectivity index (χ4v) is 2.66. The van der Waals surface area contributed by atoms with Crippen molar-refractivity contribution < 1.29 is 9.84 Å². The monoisotopic (exact) mass is 284 g/mol. The fraction of sp³-hybridized carbons (Fsp3) is 0.571. The van der Waals surface area contributed by atoms with Gasteiger partial charge in [-0.2, -0.15) is 0 Å². The van der Waals surface area contributed by atoms with Gasteiger partial charge in [-0.15, -0.1) is 0 Å². The predicted molar refractivity (Wildman–Crippen MR) is 77.2 cm³/mol. The minimum Gasteiger partial charge on any atom is -0.398 e. The summed E-state index contributed by atoms with van der Waals surface area (Å²) in [6, 6.07) is 5.47. The van der Waals surface area contributed by atoms with Gasteiger partial charge >= 0.3 is 0 Å². The van der Waals surface area contributed by atoms with Crippen LogP contribution < -0.4 is 5.73 Å². The molecule has 0 aliphatic carbocycles. The number of nitrogens with two attached hydrogens (primary N) is 1. The van der Waals surface area contributed by atoms with E-state index in [-0.39, 0.29) is 0 Å². The largest absolute Gasteiger partial charge is 0.398 e. The second kappa shape index (κ2) is 6.09. The van der Waals surface area contributed by atoms with E-state index in [1.807, 2.05) is 19.2 Å². The molecule has 1 heterocycles. The quantitative estimate of drug-likeness (QED) is 0.829. The summed E-state index contributed by atoms with van der Waals surface area (Å²) in [5, 5.41) is 11.1. The van der Waals surface area contributed by atoms with Crippen LogP contribution in [0.3, 0.4) is 0 Å². The Labute approximate surface area is 119 Å². The van der Waals surface area contributed by atoms with Gasteiger partial charge in [0.2, 0.25) is 0 Å². The van der Waals surface area contributed by atoms with Gasteiger partial charge in [0.1, 0.15) is 0 Å². The van der Waals surface area contributed by atoms with Crippen LogP contribution in [0.1, 0.15) is 18.4 Å². The molecule has 0 amide bonds. The van der Waals surface area contributed by atoms with Crippen LogP contribution in [0.4, 0.5) is 5.69 Å². The third kappa shape index (κ3) is 4.08. The number of anilines is 1. The highest BCUT2D eigenvalue weighted by Crippen LogP contribution is 2.24. The Morgan fingerprint density at radius 1 is 1.42 bits per heavy atom. The van der Waals surface area contributed by atoms with Crippen molar-refractivity contribution in [2.45, 2.75) is 25.0 Å². The third-order valence-corrected chi connectivity index (χ3v) is 3.77. The van der Waals surface area contributed by atoms with Crippen LogP contribution in [0.2, 0.25) is 5.02 Å². The molecule has 1 aromatic carbocycles. The van der Waals surface area contributed by atoms with E-state index in [9.17, 15) is 5.11 Å². The molecule has 106 valence electrons. The average Bonchev–Trinajstić information content (AvgIpc) is 2.34. The lowest BCUT2D eigenvalue weighted by atomic mass is 9.94. The maximum atomic E-state index is 10.5. The lowest BCUT2D eigenvalue weighted by molar-refractivity contribution is -0.0777. The van der Waals surface area contributed by atoms with Crippen molar-refractivity contribution in [2.75, 3.05) is 32.5 Å². The summed E-state index contributed by atoms with van der Waals surface area (Å²) >= 11 is 5.98. The molecular weight excluding hydrogens is 264 g/mol. The van der Waals surface area contributed by atoms with Crippen LogP contribution in [0.5, 0.6) is 0 Å². The highest BCUT2D eigenvalue weighted by atomic mass is 35.5. The van der Waals surface area contributed by atoms with Crippen molar-refractivity contribution in [3.8, 4) is 0 Å². The van der Waals surface area contributed by atoms with Gasteiger partial charge in [0.05, 0.1) is 5.60 Å². The molecule has 0 spiro atoms. The first-order chi connectivity index (χ1) is 8.98. The van der Waals surface area contributed by atoms with E-state index in [2.05, 4.69) is 4.90 Å². The van der Waals surface area contributed by atoms with Crippen LogP contribution in [0.25, 0.3) is 0 Å². The summed E-state index contributed by atoms with van der Waals surface area (Å²) in [5.74, 6) is 0. The number of aliphatic hydroxyl groups is 1. The first-order valence-electron chi connectivity index (χ1n) is 6.51. The standard InChI is InChI=1S/C14H21ClN2O2/c1-17(10-14(18)4-6-19-7-5-14)9-11-8-12(15)2-3-13(11)16/h2-3,8,18H,4-7,9-10,16H2,1H3. The zero-order chi connectivity index (χ0) is 13.9. The van der Waals surface area contributed by atoms with E-state index in [4.69, 9.17) is 22.1 Å². The Morgan fingerprint density at radius 3 is 2.79 bits per heavy atom. The number of nitrogens with zero attached hydrogens (tertiary/aromatic N) is 1. The minimum absolute atomic E-state index is 0.613. The lowest BCUT2D eigenvalue weighted by Gasteiger charge is -2.35. The van der Waals surface area contributed by atoms with Crippen LogP contribution in [-0.4, -0.2) is 42.4 Å². The lowest BCUT2D eigenvalue weighted by Crippen LogP contribution is -2.45. The molecule has 1 saturated heterocycles. The van der Waals surface area contributed by atoms with E-state index in [0.717, 1.165) is 11.3 Å². The van der Waals surface area contributed by atoms with Crippen LogP contribution in [0.15, 0.2) is 18.2 Å². The molecule has 1 aromatic rings. The van der Waals surface area contributed by atoms with E-state index in [1.54, 1.807) is 6.07 Å². The first-order valence-corrected chi connectivity index (χ1v) is 6.89. The normalized spacial score (nSPS) is 18.7. The molecule has 0 saturated carbocycles. The molecule has 1 fully saturated rings. The number of nitrogen functional groups attached to an aromatic ring is 1. The highest BCUT2D eigenvalue weighted by molar-refractivity contribution is 6.30. The topological polar surface area (TPSA) is 58.7 Å². The summed E-state index contributed by atoms with van der Waals surface area (Å²) in [6.45, 7) is 2.55. The van der Waals surface area contributed by atoms with Gasteiger partial charge in [0.15, 0.2) is 0 Å². The molecule has 0 radical (unpaired) electrons. The highest BCUT2D eigenvalue weighted by Gasteiger charge is 2.31. The van der Waals surface area contributed by atoms with Crippen molar-refractivity contribution in [3.05, 3.63) is 28.8 Å². The molecule has 4 nitrogen and oxygen atoms in total. The van der Waals surface area contributed by atoms with E-state index in [1.165, 1.54) is 0 Å². The number of hydrogen-bond acceptors (Lipinski definition) is 4. The molecule has 19 heavy (non-hydrogen) atoms. The zero-order valence-electron chi connectivity index (χ0n) is 11.2. The molecule has 3 N–H and O–H groups in total. The Kier molecular flexibility index (Phi) is 4.68. The van der Waals surface area contributed by atoms with Crippen molar-refractivity contribution in [1.82, 2.24) is 4.90 Å². The van der Waals surface area contributed by atoms with Crippen molar-refractivity contribution in [3.63, 3.8) is 0 Å². The smallest absolute Gasteiger partial charge is 0.0817 e. The molecule has 0 bridgehead atoms. The van der Waals surface area contributed by atoms with Gasteiger partial charge in [0.25, 0.3) is 0 Å². The molecule has 0 atom stereocenters. The van der Waals surface area contributed by atoms with E-state index >= 15 is 0 Å². The molecule has 1 aliphatic heterocycles. The molecule has 0 unspecified atom stereocenters. The minimum atomic E-state index is -0.652. The summed E-state index contributed by atoms with van der Waals surface area (Å²) < 4.78 is 5.28. The van der Waals surface area contributed by atoms with Crippen LogP contribution >= 0.6 is 11.6 Å². The van der Waals surface area contributed by atoms with Gasteiger partial charge in [0, 0.05) is 49.9 Å². The average molecular weight is 285 g/mol. The number of rotatable bonds is 4. The summed E-state index contributed by atoms with van der Waals surface area (Å²) in [6.07, 6.45) is 1.37. The van der Waals surface area contributed by atoms with Gasteiger partial charge in [-0.1, -0.05) is 11.6 Å². The number of halogens is 1. The van der Waals surface area contributed by atoms with Crippen molar-refractivity contribution in [2.24, 2.45) is 0 Å². The second-order valence-electron chi connectivity index (χ2n) is 5.35. The third-order valence-electron chi connectivity index (χ3n) is 3.53. The van der Waals surface area contributed by atoms with E-state index < -0.39 is 5.60 Å². The summed E-state index contributed by atoms with van der Waals surface area (Å²) in [5.41, 5.74) is 7.01. The molecule has 5 heteroatoms. The van der Waals surface area contributed by atoms with Crippen LogP contribution in [0, 0.1) is 0 Å². The van der Waals surface area contributed by atoms with Crippen molar-refractivity contribution >= 4 is 17.3 Å². The molecule has 2 rings (SSSR count). The molecule has 1 aliphatic rings. The Bertz CT molecular complexity index is 433. The van der Waals surface area contributed by atoms with Gasteiger partial charge < -0.3 is 15.6 Å². The number of hydrogen-bond donors (Lipinski definition) is 2. The number of benzene rings is 1. The summed E-state index contributed by atoms with van der Waals surface area (Å²) in [4.78, 5) is 2.08. The Balaban J connectivity index is 1.96. The number of likely N-dealkylation sites (N-methyl/N-ethyl adjacent to an activating group) is 1. The zero-order valence-corrected chi connectivity index (χ0v) is 12.0. The van der Waals surface area contributed by atoms with Gasteiger partial charge in [-0.3, -0.25) is 4.90 Å². The Morgan fingerprint density at radius 2 is 2.11 bits per heavy atom. The second-order valence-corrected chi connectivity index (χ2v) is 5.79. The molecular formula is C14H21ClN2O2. The maximum Gasteiger partial charge on any atom is 0.0817 e. The van der Waals surface area contributed by atoms with Crippen molar-refractivity contribution in [1.29, 1.82) is 0 Å². The Hall–Kier alpha value is -0.810. The van der Waals surface area contributed by atoms with Crippen LogP contribution in [-0.2, 0) is 11.3 Å². The van der Waals surface area contributed by atoms with Gasteiger partial charge in [-0.05, 0) is 30.8 Å². The number of ether oxygens (including phenoxy) is 1. The maximum absolute atomic E-state index is 10.5. The first kappa shape index (κ1) is 14.6.